The first-order valence-electron chi connectivity index (χ1n) is 10.5. The molecule has 0 spiro atoms. The van der Waals surface area contributed by atoms with Gasteiger partial charge < -0.3 is 14.2 Å². The molecule has 0 aliphatic carbocycles. The maximum Gasteiger partial charge on any atom is 0.0781 e. The van der Waals surface area contributed by atoms with Crippen LogP contribution in [0.2, 0.25) is 0 Å². The van der Waals surface area contributed by atoms with Crippen molar-refractivity contribution in [1.29, 1.82) is 0 Å². The molecule has 0 saturated carbocycles. The lowest BCUT2D eigenvalue weighted by Gasteiger charge is -2.17. The molecular formula is C21H44O3. The van der Waals surface area contributed by atoms with Gasteiger partial charge in [-0.1, -0.05) is 71.6 Å². The van der Waals surface area contributed by atoms with E-state index in [-0.39, 0.29) is 12.2 Å². The molecule has 0 saturated heterocycles. The van der Waals surface area contributed by atoms with Gasteiger partial charge in [0.15, 0.2) is 0 Å². The Kier molecular flexibility index (Phi) is 19.1. The van der Waals surface area contributed by atoms with E-state index in [0.29, 0.717) is 13.2 Å². The summed E-state index contributed by atoms with van der Waals surface area (Å²) in [5.41, 5.74) is 0. The molecule has 0 aromatic heterocycles. The molecule has 0 N–H and O–H groups in total. The molecular weight excluding hydrogens is 300 g/mol. The Morgan fingerprint density at radius 3 is 1.67 bits per heavy atom. The van der Waals surface area contributed by atoms with Crippen molar-refractivity contribution in [3.63, 3.8) is 0 Å². The highest BCUT2D eigenvalue weighted by molar-refractivity contribution is 4.53. The third-order valence-electron chi connectivity index (χ3n) is 4.22. The van der Waals surface area contributed by atoms with Crippen LogP contribution in [0.5, 0.6) is 0 Å². The summed E-state index contributed by atoms with van der Waals surface area (Å²) in [5, 5.41) is 0. The fraction of sp³-hybridized carbons (Fsp3) is 1.00. The van der Waals surface area contributed by atoms with Gasteiger partial charge in [0.25, 0.3) is 0 Å². The quantitative estimate of drug-likeness (QED) is 0.263. The Bertz CT molecular complexity index is 233. The minimum Gasteiger partial charge on any atom is -0.379 e. The predicted octanol–water partition coefficient (Wildman–Crippen LogP) is 6.14. The molecule has 0 aliphatic heterocycles. The Balaban J connectivity index is 3.24. The molecule has 0 fully saturated rings. The van der Waals surface area contributed by atoms with Crippen LogP contribution in [-0.2, 0) is 14.2 Å². The van der Waals surface area contributed by atoms with Crippen LogP contribution in [-0.4, -0.2) is 38.6 Å². The van der Waals surface area contributed by atoms with Gasteiger partial charge >= 0.3 is 0 Å². The van der Waals surface area contributed by atoms with Gasteiger partial charge in [-0.15, -0.1) is 0 Å². The maximum absolute atomic E-state index is 5.82. The van der Waals surface area contributed by atoms with Crippen molar-refractivity contribution >= 4 is 0 Å². The largest absolute Gasteiger partial charge is 0.379 e. The number of ether oxygens (including phenoxy) is 3. The van der Waals surface area contributed by atoms with E-state index in [9.17, 15) is 0 Å². The van der Waals surface area contributed by atoms with Crippen molar-refractivity contribution in [1.82, 2.24) is 0 Å². The average Bonchev–Trinajstić information content (AvgIpc) is 2.58. The Morgan fingerprint density at radius 1 is 0.542 bits per heavy atom. The molecule has 0 bridgehead atoms. The van der Waals surface area contributed by atoms with Gasteiger partial charge in [-0.25, -0.2) is 0 Å². The van der Waals surface area contributed by atoms with Crippen molar-refractivity contribution in [3.05, 3.63) is 0 Å². The van der Waals surface area contributed by atoms with Crippen LogP contribution in [0.3, 0.4) is 0 Å². The van der Waals surface area contributed by atoms with Crippen molar-refractivity contribution < 1.29 is 14.2 Å². The predicted molar refractivity (Wildman–Crippen MR) is 104 cm³/mol. The SMILES string of the molecule is CCCCCCCCCCCCOC(C)COC(C)COCCC. The second kappa shape index (κ2) is 19.2. The molecule has 2 unspecified atom stereocenters. The van der Waals surface area contributed by atoms with Gasteiger partial charge in [0, 0.05) is 13.2 Å². The van der Waals surface area contributed by atoms with Gasteiger partial charge in [0.1, 0.15) is 0 Å². The van der Waals surface area contributed by atoms with E-state index in [1.807, 2.05) is 0 Å². The Morgan fingerprint density at radius 2 is 1.08 bits per heavy atom. The Labute approximate surface area is 151 Å². The molecule has 146 valence electrons. The molecule has 0 rings (SSSR count). The van der Waals surface area contributed by atoms with E-state index in [0.717, 1.165) is 19.6 Å². The molecule has 24 heavy (non-hydrogen) atoms. The molecule has 2 atom stereocenters. The molecule has 3 nitrogen and oxygen atoms in total. The highest BCUT2D eigenvalue weighted by Crippen LogP contribution is 2.10. The van der Waals surface area contributed by atoms with Crippen LogP contribution >= 0.6 is 0 Å². The standard InChI is InChI=1S/C21H44O3/c1-5-7-8-9-10-11-12-13-14-15-17-23-21(4)19-24-20(3)18-22-16-6-2/h20-21H,5-19H2,1-4H3. The number of hydrogen-bond acceptors (Lipinski definition) is 3. The molecule has 0 aromatic rings. The summed E-state index contributed by atoms with van der Waals surface area (Å²) in [5.74, 6) is 0. The average molecular weight is 345 g/mol. The summed E-state index contributed by atoms with van der Waals surface area (Å²) in [6.07, 6.45) is 15.0. The third kappa shape index (κ3) is 18.2. The van der Waals surface area contributed by atoms with Crippen LogP contribution in [0.1, 0.15) is 98.3 Å². The van der Waals surface area contributed by atoms with E-state index < -0.39 is 0 Å². The van der Waals surface area contributed by atoms with E-state index in [1.54, 1.807) is 0 Å². The van der Waals surface area contributed by atoms with Gasteiger partial charge in [0.05, 0.1) is 25.4 Å². The second-order valence-electron chi connectivity index (χ2n) is 7.08. The van der Waals surface area contributed by atoms with E-state index in [2.05, 4.69) is 27.7 Å². The lowest BCUT2D eigenvalue weighted by atomic mass is 10.1. The zero-order valence-electron chi connectivity index (χ0n) is 17.0. The molecule has 0 radical (unpaired) electrons. The van der Waals surface area contributed by atoms with E-state index in [4.69, 9.17) is 14.2 Å². The molecule has 0 amide bonds. The fourth-order valence-electron chi connectivity index (χ4n) is 2.66. The first-order valence-corrected chi connectivity index (χ1v) is 10.5. The first-order chi connectivity index (χ1) is 11.7. The highest BCUT2D eigenvalue weighted by Gasteiger charge is 2.07. The van der Waals surface area contributed by atoms with Crippen LogP contribution in [0.4, 0.5) is 0 Å². The molecule has 0 aliphatic rings. The highest BCUT2D eigenvalue weighted by atomic mass is 16.6. The third-order valence-corrected chi connectivity index (χ3v) is 4.22. The Hall–Kier alpha value is -0.120. The van der Waals surface area contributed by atoms with Crippen LogP contribution in [0.25, 0.3) is 0 Å². The summed E-state index contributed by atoms with van der Waals surface area (Å²) in [7, 11) is 0. The molecule has 0 heterocycles. The van der Waals surface area contributed by atoms with Crippen molar-refractivity contribution in [2.75, 3.05) is 26.4 Å². The van der Waals surface area contributed by atoms with Crippen LogP contribution < -0.4 is 0 Å². The smallest absolute Gasteiger partial charge is 0.0781 e. The van der Waals surface area contributed by atoms with E-state index in [1.165, 1.54) is 64.2 Å². The van der Waals surface area contributed by atoms with Crippen LogP contribution in [0, 0.1) is 0 Å². The summed E-state index contributed by atoms with van der Waals surface area (Å²) in [4.78, 5) is 0. The maximum atomic E-state index is 5.82. The lowest BCUT2D eigenvalue weighted by molar-refractivity contribution is -0.0573. The molecule has 0 aromatic carbocycles. The number of rotatable bonds is 19. The minimum atomic E-state index is 0.153. The normalized spacial score (nSPS) is 14.0. The second-order valence-corrected chi connectivity index (χ2v) is 7.08. The van der Waals surface area contributed by atoms with Gasteiger partial charge in [-0.05, 0) is 26.7 Å². The topological polar surface area (TPSA) is 27.7 Å². The molecule has 3 heteroatoms. The fourth-order valence-corrected chi connectivity index (χ4v) is 2.66. The van der Waals surface area contributed by atoms with Gasteiger partial charge in [-0.2, -0.15) is 0 Å². The van der Waals surface area contributed by atoms with Crippen molar-refractivity contribution in [3.8, 4) is 0 Å². The number of hydrogen-bond donors (Lipinski definition) is 0. The van der Waals surface area contributed by atoms with E-state index >= 15 is 0 Å². The number of unbranched alkanes of at least 4 members (excludes halogenated alkanes) is 9. The summed E-state index contributed by atoms with van der Waals surface area (Å²) in [6, 6.07) is 0. The van der Waals surface area contributed by atoms with Crippen molar-refractivity contribution in [2.45, 2.75) is 111 Å². The van der Waals surface area contributed by atoms with Gasteiger partial charge in [-0.3, -0.25) is 0 Å². The summed E-state index contributed by atoms with van der Waals surface area (Å²) in [6.45, 7) is 11.6. The zero-order chi connectivity index (χ0) is 17.9. The zero-order valence-corrected chi connectivity index (χ0v) is 17.0. The van der Waals surface area contributed by atoms with Crippen molar-refractivity contribution in [2.24, 2.45) is 0 Å². The summed E-state index contributed by atoms with van der Waals surface area (Å²) >= 11 is 0. The monoisotopic (exact) mass is 344 g/mol. The van der Waals surface area contributed by atoms with Gasteiger partial charge in [0.2, 0.25) is 0 Å². The minimum absolute atomic E-state index is 0.153. The summed E-state index contributed by atoms with van der Waals surface area (Å²) < 4.78 is 17.1. The first kappa shape index (κ1) is 23.9. The lowest BCUT2D eigenvalue weighted by Crippen LogP contribution is -2.23. The van der Waals surface area contributed by atoms with Crippen LogP contribution in [0.15, 0.2) is 0 Å².